The Labute approximate surface area is 225 Å². The van der Waals surface area contributed by atoms with E-state index >= 15 is 0 Å². The molecule has 2 N–H and O–H groups in total. The number of hydrogen-bond acceptors (Lipinski definition) is 3. The molecule has 0 radical (unpaired) electrons. The van der Waals surface area contributed by atoms with Crippen LogP contribution in [0.2, 0.25) is 0 Å². The van der Waals surface area contributed by atoms with Crippen molar-refractivity contribution < 1.29 is 22.8 Å². The van der Waals surface area contributed by atoms with Crippen LogP contribution < -0.4 is 10.6 Å². The summed E-state index contributed by atoms with van der Waals surface area (Å²) in [6, 6.07) is 16.9. The van der Waals surface area contributed by atoms with Crippen LogP contribution in [0, 0.1) is 11.7 Å². The second-order valence-corrected chi connectivity index (χ2v) is 10.8. The third-order valence-electron chi connectivity index (χ3n) is 8.26. The maximum Gasteiger partial charge on any atom is 0.255 e. The van der Waals surface area contributed by atoms with Crippen molar-refractivity contribution in [2.75, 3.05) is 13.7 Å². The first kappa shape index (κ1) is 25.3. The number of aryl methyl sites for hydroxylation is 1. The number of hydrogen-bond donors (Lipinski definition) is 2. The van der Waals surface area contributed by atoms with Crippen LogP contribution in [0.25, 0.3) is 33.4 Å². The van der Waals surface area contributed by atoms with Crippen LogP contribution in [0.1, 0.15) is 58.4 Å². The van der Waals surface area contributed by atoms with E-state index in [1.807, 2.05) is 30.3 Å². The van der Waals surface area contributed by atoms with Gasteiger partial charge in [-0.25, -0.2) is 4.39 Å². The van der Waals surface area contributed by atoms with Crippen LogP contribution in [0.15, 0.2) is 65.1 Å². The van der Waals surface area contributed by atoms with E-state index in [4.69, 9.17) is 4.42 Å². The lowest BCUT2D eigenvalue weighted by Gasteiger charge is -2.39. The fourth-order valence-corrected chi connectivity index (χ4v) is 6.31. The van der Waals surface area contributed by atoms with Gasteiger partial charge in [0.2, 0.25) is 0 Å². The zero-order chi connectivity index (χ0) is 27.1. The molecule has 0 saturated heterocycles. The molecular formula is C32H30F2N2O3. The van der Waals surface area contributed by atoms with Gasteiger partial charge in [0.05, 0.1) is 12.2 Å². The molecule has 200 valence electrons. The second-order valence-electron chi connectivity index (χ2n) is 10.8. The average molecular weight is 529 g/mol. The molecule has 0 unspecified atom stereocenters. The van der Waals surface area contributed by atoms with Crippen LogP contribution in [0.4, 0.5) is 8.78 Å². The maximum absolute atomic E-state index is 13.6. The molecule has 39 heavy (non-hydrogen) atoms. The van der Waals surface area contributed by atoms with Gasteiger partial charge in [-0.15, -0.1) is 0 Å². The molecule has 1 heterocycles. The largest absolute Gasteiger partial charge is 0.455 e. The van der Waals surface area contributed by atoms with Crippen molar-refractivity contribution >= 4 is 22.8 Å². The van der Waals surface area contributed by atoms with Gasteiger partial charge in [-0.1, -0.05) is 12.1 Å². The first-order valence-electron chi connectivity index (χ1n) is 13.5. The molecule has 3 aliphatic rings. The minimum absolute atomic E-state index is 0.0566. The summed E-state index contributed by atoms with van der Waals surface area (Å²) < 4.78 is 33.0. The van der Waals surface area contributed by atoms with Crippen LogP contribution in [0.5, 0.6) is 0 Å². The smallest absolute Gasteiger partial charge is 0.255 e. The standard InChI is InChI=1S/C32H30F2N2O3/c1-35-31(38)28-26-16-25(21-4-2-5-23(14-21)30(37)36-32-12-11-19(17-32)18-32)22(6-3-13-33)15-27(26)39-29(28)20-7-9-24(34)10-8-20/h2,4-5,7-10,14-16,19H,3,6,11-13,17-18H2,1H3,(H,35,38)(H,36,37). The van der Waals surface area contributed by atoms with E-state index in [1.165, 1.54) is 18.6 Å². The lowest BCUT2D eigenvalue weighted by Crippen LogP contribution is -2.51. The quantitative estimate of drug-likeness (QED) is 0.263. The summed E-state index contributed by atoms with van der Waals surface area (Å²) in [7, 11) is 1.54. The number of carbonyl (C=O) groups excluding carboxylic acids is 2. The number of halogens is 2. The predicted octanol–water partition coefficient (Wildman–Crippen LogP) is 6.84. The molecule has 4 aromatic rings. The third-order valence-corrected chi connectivity index (χ3v) is 8.26. The molecule has 7 rings (SSSR count). The van der Waals surface area contributed by atoms with Crippen LogP contribution in [0.3, 0.4) is 0 Å². The Bertz CT molecular complexity index is 1560. The van der Waals surface area contributed by atoms with E-state index in [1.54, 1.807) is 25.2 Å². The Morgan fingerprint density at radius 3 is 2.51 bits per heavy atom. The maximum atomic E-state index is 13.6. The summed E-state index contributed by atoms with van der Waals surface area (Å²) in [5.41, 5.74) is 4.38. The van der Waals surface area contributed by atoms with Crippen LogP contribution >= 0.6 is 0 Å². The number of furan rings is 1. The molecule has 7 heteroatoms. The van der Waals surface area contributed by atoms with Gasteiger partial charge in [0, 0.05) is 29.1 Å². The Balaban J connectivity index is 1.45. The topological polar surface area (TPSA) is 71.3 Å². The summed E-state index contributed by atoms with van der Waals surface area (Å²) in [5, 5.41) is 6.54. The van der Waals surface area contributed by atoms with Crippen molar-refractivity contribution in [2.24, 2.45) is 5.92 Å². The Hall–Kier alpha value is -4.00. The Morgan fingerprint density at radius 1 is 1.03 bits per heavy atom. The van der Waals surface area contributed by atoms with Crippen molar-refractivity contribution in [3.8, 4) is 22.5 Å². The molecule has 1 aromatic heterocycles. The first-order chi connectivity index (χ1) is 18.9. The number of nitrogens with one attached hydrogen (secondary N) is 2. The third kappa shape index (κ3) is 4.60. The summed E-state index contributed by atoms with van der Waals surface area (Å²) in [6.07, 6.45) is 5.12. The highest BCUT2D eigenvalue weighted by Crippen LogP contribution is 2.52. The highest BCUT2D eigenvalue weighted by atomic mass is 19.1. The van der Waals surface area contributed by atoms with Gasteiger partial charge in [0.25, 0.3) is 11.8 Å². The fraction of sp³-hybridized carbons (Fsp3) is 0.312. The summed E-state index contributed by atoms with van der Waals surface area (Å²) >= 11 is 0. The number of benzene rings is 3. The number of carbonyl (C=O) groups is 2. The van der Waals surface area contributed by atoms with Crippen molar-refractivity contribution in [1.82, 2.24) is 10.6 Å². The summed E-state index contributed by atoms with van der Waals surface area (Å²) in [5.74, 6) is 0.266. The fourth-order valence-electron chi connectivity index (χ4n) is 6.31. The van der Waals surface area contributed by atoms with E-state index in [-0.39, 0.29) is 23.2 Å². The van der Waals surface area contributed by atoms with Crippen molar-refractivity contribution in [2.45, 2.75) is 44.1 Å². The molecule has 2 amide bonds. The summed E-state index contributed by atoms with van der Waals surface area (Å²) in [6.45, 7) is -0.467. The molecule has 3 fully saturated rings. The van der Waals surface area contributed by atoms with E-state index < -0.39 is 6.67 Å². The molecule has 3 aromatic carbocycles. The van der Waals surface area contributed by atoms with Gasteiger partial charge in [-0.05, 0) is 110 Å². The number of amides is 2. The molecule has 2 bridgehead atoms. The highest BCUT2D eigenvalue weighted by molar-refractivity contribution is 6.12. The van der Waals surface area contributed by atoms with Crippen molar-refractivity contribution in [3.05, 3.63) is 83.2 Å². The highest BCUT2D eigenvalue weighted by Gasteiger charge is 2.51. The Kier molecular flexibility index (Phi) is 6.45. The molecule has 0 atom stereocenters. The number of alkyl halides is 1. The molecule has 3 saturated carbocycles. The first-order valence-corrected chi connectivity index (χ1v) is 13.5. The minimum atomic E-state index is -0.467. The van der Waals surface area contributed by atoms with Gasteiger partial charge in [-0.2, -0.15) is 0 Å². The average Bonchev–Trinajstić information content (AvgIpc) is 3.64. The monoisotopic (exact) mass is 528 g/mol. The molecule has 0 spiro atoms. The van der Waals surface area contributed by atoms with Crippen molar-refractivity contribution in [3.63, 3.8) is 0 Å². The van der Waals surface area contributed by atoms with Gasteiger partial charge in [0.15, 0.2) is 0 Å². The van der Waals surface area contributed by atoms with Gasteiger partial charge in [-0.3, -0.25) is 14.0 Å². The van der Waals surface area contributed by atoms with Gasteiger partial charge >= 0.3 is 0 Å². The van der Waals surface area contributed by atoms with E-state index in [2.05, 4.69) is 10.6 Å². The normalized spacial score (nSPS) is 19.6. The zero-order valence-corrected chi connectivity index (χ0v) is 21.8. The van der Waals surface area contributed by atoms with Crippen LogP contribution in [-0.4, -0.2) is 31.1 Å². The molecule has 3 aliphatic carbocycles. The lowest BCUT2D eigenvalue weighted by atomic mass is 9.77. The predicted molar refractivity (Wildman–Crippen MR) is 147 cm³/mol. The van der Waals surface area contributed by atoms with E-state index in [0.29, 0.717) is 46.3 Å². The minimum Gasteiger partial charge on any atom is -0.455 e. The SMILES string of the molecule is CNC(=O)c1c(-c2ccc(F)cc2)oc2cc(CCCF)c(-c3cccc(C(=O)NC45CCC(C4)C5)c3)cc12. The second kappa shape index (κ2) is 9.95. The van der Waals surface area contributed by atoms with E-state index in [9.17, 15) is 18.4 Å². The van der Waals surface area contributed by atoms with Crippen molar-refractivity contribution in [1.29, 1.82) is 0 Å². The van der Waals surface area contributed by atoms with Crippen LogP contribution in [-0.2, 0) is 6.42 Å². The molecule has 5 nitrogen and oxygen atoms in total. The lowest BCUT2D eigenvalue weighted by molar-refractivity contribution is 0.0840. The van der Waals surface area contributed by atoms with Gasteiger partial charge in [0.1, 0.15) is 17.2 Å². The molecular weight excluding hydrogens is 498 g/mol. The Morgan fingerprint density at radius 2 is 1.82 bits per heavy atom. The summed E-state index contributed by atoms with van der Waals surface area (Å²) in [4.78, 5) is 26.2. The molecule has 0 aliphatic heterocycles. The zero-order valence-electron chi connectivity index (χ0n) is 21.8. The van der Waals surface area contributed by atoms with E-state index in [0.717, 1.165) is 41.9 Å². The number of rotatable bonds is 8. The van der Waals surface area contributed by atoms with Gasteiger partial charge < -0.3 is 15.1 Å². The number of fused-ring (bicyclic) bond motifs is 2.